The van der Waals surface area contributed by atoms with Crippen molar-refractivity contribution < 1.29 is 4.39 Å². The zero-order valence-electron chi connectivity index (χ0n) is 11.2. The molecule has 3 rings (SSSR count). The van der Waals surface area contributed by atoms with Gasteiger partial charge in [0.25, 0.3) is 0 Å². The van der Waals surface area contributed by atoms with Gasteiger partial charge in [-0.3, -0.25) is 0 Å². The number of hydrogen-bond donors (Lipinski definition) is 1. The zero-order valence-corrected chi connectivity index (χ0v) is 12.8. The number of imidazole rings is 1. The molecular formula is C14H14FN3S2. The summed E-state index contributed by atoms with van der Waals surface area (Å²) in [5.41, 5.74) is 2.28. The predicted octanol–water partition coefficient (Wildman–Crippen LogP) is 4.60. The highest BCUT2D eigenvalue weighted by Crippen LogP contribution is 2.29. The van der Waals surface area contributed by atoms with Crippen molar-refractivity contribution in [2.75, 3.05) is 0 Å². The van der Waals surface area contributed by atoms with Crippen LogP contribution in [0.15, 0.2) is 23.7 Å². The molecule has 0 aliphatic rings. The third kappa shape index (κ3) is 2.09. The molecule has 3 nitrogen and oxygen atoms in total. The molecule has 0 bridgehead atoms. The third-order valence-corrected chi connectivity index (χ3v) is 4.61. The Hall–Kier alpha value is -1.53. The number of halogens is 1. The Morgan fingerprint density at radius 3 is 2.95 bits per heavy atom. The zero-order chi connectivity index (χ0) is 14.3. The van der Waals surface area contributed by atoms with Crippen molar-refractivity contribution in [2.45, 2.75) is 26.3 Å². The topological polar surface area (TPSA) is 33.6 Å². The number of hydrogen-bond acceptors (Lipinski definition) is 3. The van der Waals surface area contributed by atoms with Crippen molar-refractivity contribution in [3.05, 3.63) is 44.9 Å². The van der Waals surface area contributed by atoms with E-state index in [0.717, 1.165) is 22.5 Å². The minimum Gasteiger partial charge on any atom is -0.330 e. The molecule has 1 N–H and O–H groups in total. The monoisotopic (exact) mass is 307 g/mol. The van der Waals surface area contributed by atoms with Crippen LogP contribution in [0.4, 0.5) is 4.39 Å². The van der Waals surface area contributed by atoms with Gasteiger partial charge in [-0.1, -0.05) is 6.92 Å². The van der Waals surface area contributed by atoms with Gasteiger partial charge in [-0.15, -0.1) is 11.3 Å². The van der Waals surface area contributed by atoms with Crippen molar-refractivity contribution >= 4 is 34.6 Å². The van der Waals surface area contributed by atoms with Gasteiger partial charge < -0.3 is 9.55 Å². The van der Waals surface area contributed by atoms with E-state index >= 15 is 0 Å². The number of aromatic nitrogens is 3. The second kappa shape index (κ2) is 5.10. The summed E-state index contributed by atoms with van der Waals surface area (Å²) in [5, 5.41) is 2.98. The summed E-state index contributed by atoms with van der Waals surface area (Å²) < 4.78 is 16.3. The van der Waals surface area contributed by atoms with Gasteiger partial charge in [0, 0.05) is 11.6 Å². The lowest BCUT2D eigenvalue weighted by atomic mass is 10.2. The lowest BCUT2D eigenvalue weighted by Crippen LogP contribution is -2.09. The number of rotatable bonds is 3. The molecule has 2 heterocycles. The molecule has 0 spiro atoms. The predicted molar refractivity (Wildman–Crippen MR) is 82.4 cm³/mol. The lowest BCUT2D eigenvalue weighted by Gasteiger charge is -2.15. The molecule has 0 fully saturated rings. The molecule has 1 atom stereocenters. The first-order chi connectivity index (χ1) is 9.61. The standard InChI is InChI=1S/C14H14FN3S2/c1-3-11(13-16-4-5-20-13)18-12-6-8(2)9(15)7-10(12)17-14(18)19/h4-7,11H,3H2,1-2H3,(H,17,19). The van der Waals surface area contributed by atoms with Crippen LogP contribution in [0.3, 0.4) is 0 Å². The Kier molecular flexibility index (Phi) is 3.43. The molecule has 1 unspecified atom stereocenters. The lowest BCUT2D eigenvalue weighted by molar-refractivity contribution is 0.571. The second-order valence-corrected chi connectivity index (χ2v) is 6.03. The highest BCUT2D eigenvalue weighted by Gasteiger charge is 2.19. The summed E-state index contributed by atoms with van der Waals surface area (Å²) in [4.78, 5) is 7.48. The molecular weight excluding hydrogens is 293 g/mol. The number of thiazole rings is 1. The van der Waals surface area contributed by atoms with Crippen molar-refractivity contribution in [1.82, 2.24) is 14.5 Å². The van der Waals surface area contributed by atoms with Gasteiger partial charge in [-0.25, -0.2) is 9.37 Å². The molecule has 3 aromatic rings. The molecule has 0 aliphatic heterocycles. The molecule has 0 amide bonds. The van der Waals surface area contributed by atoms with E-state index in [0.29, 0.717) is 10.3 Å². The maximum absolute atomic E-state index is 13.7. The maximum Gasteiger partial charge on any atom is 0.178 e. The SMILES string of the molecule is CCC(c1nccs1)n1c(=S)[nH]c2cc(F)c(C)cc21. The molecule has 1 aromatic carbocycles. The molecule has 0 aliphatic carbocycles. The average Bonchev–Trinajstić information content (AvgIpc) is 3.02. The summed E-state index contributed by atoms with van der Waals surface area (Å²) in [6.07, 6.45) is 2.68. The van der Waals surface area contributed by atoms with E-state index in [9.17, 15) is 4.39 Å². The van der Waals surface area contributed by atoms with Gasteiger partial charge in [0.1, 0.15) is 10.8 Å². The van der Waals surface area contributed by atoms with E-state index in [1.54, 1.807) is 24.5 Å². The number of fused-ring (bicyclic) bond motifs is 1. The van der Waals surface area contributed by atoms with E-state index in [-0.39, 0.29) is 11.9 Å². The number of nitrogens with zero attached hydrogens (tertiary/aromatic N) is 2. The third-order valence-electron chi connectivity index (χ3n) is 3.43. The Labute approximate surface area is 125 Å². The quantitative estimate of drug-likeness (QED) is 0.717. The van der Waals surface area contributed by atoms with Crippen LogP contribution in [0.25, 0.3) is 11.0 Å². The first-order valence-corrected chi connectivity index (χ1v) is 7.70. The van der Waals surface area contributed by atoms with Gasteiger partial charge in [0.15, 0.2) is 4.77 Å². The Bertz CT molecular complexity index is 802. The van der Waals surface area contributed by atoms with Gasteiger partial charge in [0.2, 0.25) is 0 Å². The summed E-state index contributed by atoms with van der Waals surface area (Å²) in [6.45, 7) is 3.86. The van der Waals surface area contributed by atoms with Crippen LogP contribution in [0.2, 0.25) is 0 Å². The van der Waals surface area contributed by atoms with Gasteiger partial charge in [-0.2, -0.15) is 0 Å². The molecule has 0 saturated carbocycles. The fourth-order valence-corrected chi connectivity index (χ4v) is 3.57. The largest absolute Gasteiger partial charge is 0.330 e. The Balaban J connectivity index is 2.27. The fraction of sp³-hybridized carbons (Fsp3) is 0.286. The number of nitrogens with one attached hydrogen (secondary N) is 1. The highest BCUT2D eigenvalue weighted by atomic mass is 32.1. The smallest absolute Gasteiger partial charge is 0.178 e. The van der Waals surface area contributed by atoms with Crippen LogP contribution in [0.5, 0.6) is 0 Å². The summed E-state index contributed by atoms with van der Waals surface area (Å²) in [6, 6.07) is 3.43. The van der Waals surface area contributed by atoms with E-state index in [1.165, 1.54) is 6.07 Å². The van der Waals surface area contributed by atoms with E-state index in [4.69, 9.17) is 12.2 Å². The van der Waals surface area contributed by atoms with Crippen LogP contribution in [-0.4, -0.2) is 14.5 Å². The van der Waals surface area contributed by atoms with Crippen molar-refractivity contribution in [3.8, 4) is 0 Å². The number of aryl methyl sites for hydroxylation is 1. The van der Waals surface area contributed by atoms with Crippen LogP contribution in [-0.2, 0) is 0 Å². The van der Waals surface area contributed by atoms with Crippen LogP contribution >= 0.6 is 23.6 Å². The molecule has 0 radical (unpaired) electrons. The van der Waals surface area contributed by atoms with Crippen LogP contribution < -0.4 is 0 Å². The van der Waals surface area contributed by atoms with Crippen LogP contribution in [0.1, 0.15) is 30.0 Å². The first kappa shape index (κ1) is 13.5. The minimum atomic E-state index is -0.219. The van der Waals surface area contributed by atoms with E-state index in [1.807, 2.05) is 16.0 Å². The van der Waals surface area contributed by atoms with Crippen molar-refractivity contribution in [2.24, 2.45) is 0 Å². The molecule has 20 heavy (non-hydrogen) atoms. The summed E-state index contributed by atoms with van der Waals surface area (Å²) >= 11 is 7.03. The van der Waals surface area contributed by atoms with Crippen molar-refractivity contribution in [3.63, 3.8) is 0 Å². The maximum atomic E-state index is 13.7. The molecule has 2 aromatic heterocycles. The minimum absolute atomic E-state index is 0.0844. The van der Waals surface area contributed by atoms with Gasteiger partial charge in [-0.05, 0) is 43.3 Å². The first-order valence-electron chi connectivity index (χ1n) is 6.41. The van der Waals surface area contributed by atoms with Crippen molar-refractivity contribution in [1.29, 1.82) is 0 Å². The average molecular weight is 307 g/mol. The summed E-state index contributed by atoms with van der Waals surface area (Å²) in [5.74, 6) is -0.219. The molecule has 6 heteroatoms. The van der Waals surface area contributed by atoms with E-state index < -0.39 is 0 Å². The number of aromatic amines is 1. The Morgan fingerprint density at radius 2 is 2.30 bits per heavy atom. The summed E-state index contributed by atoms with van der Waals surface area (Å²) in [7, 11) is 0. The normalized spacial score (nSPS) is 12.9. The number of benzene rings is 1. The fourth-order valence-electron chi connectivity index (χ4n) is 2.43. The van der Waals surface area contributed by atoms with Crippen LogP contribution in [0, 0.1) is 17.5 Å². The van der Waals surface area contributed by atoms with E-state index in [2.05, 4.69) is 16.9 Å². The Morgan fingerprint density at radius 1 is 1.50 bits per heavy atom. The van der Waals surface area contributed by atoms with Gasteiger partial charge >= 0.3 is 0 Å². The number of H-pyrrole nitrogens is 1. The second-order valence-electron chi connectivity index (χ2n) is 4.71. The molecule has 0 saturated heterocycles. The molecule has 104 valence electrons. The highest BCUT2D eigenvalue weighted by molar-refractivity contribution is 7.71. The van der Waals surface area contributed by atoms with Gasteiger partial charge in [0.05, 0.1) is 17.1 Å².